The Morgan fingerprint density at radius 3 is 2.83 bits per heavy atom. The second kappa shape index (κ2) is 7.09. The number of aryl methyl sites for hydroxylation is 1. The summed E-state index contributed by atoms with van der Waals surface area (Å²) < 4.78 is 33.5. The van der Waals surface area contributed by atoms with Crippen LogP contribution in [0.25, 0.3) is 0 Å². The minimum Gasteiger partial charge on any atom is -0.372 e. The van der Waals surface area contributed by atoms with Crippen molar-refractivity contribution in [1.29, 1.82) is 0 Å². The number of nitrogens with one attached hydrogen (secondary N) is 2. The van der Waals surface area contributed by atoms with E-state index >= 15 is 0 Å². The van der Waals surface area contributed by atoms with E-state index < -0.39 is 16.1 Å². The van der Waals surface area contributed by atoms with Crippen molar-refractivity contribution in [3.8, 4) is 0 Å². The van der Waals surface area contributed by atoms with Crippen LogP contribution in [0.3, 0.4) is 0 Å². The van der Waals surface area contributed by atoms with Gasteiger partial charge in [0.2, 0.25) is 0 Å². The number of benzene rings is 1. The third-order valence-corrected chi connectivity index (χ3v) is 8.91. The van der Waals surface area contributed by atoms with Crippen LogP contribution in [0.1, 0.15) is 39.1 Å². The molecule has 7 nitrogen and oxygen atoms in total. The summed E-state index contributed by atoms with van der Waals surface area (Å²) in [5.74, 6) is 0. The van der Waals surface area contributed by atoms with Crippen LogP contribution < -0.4 is 10.0 Å². The zero-order chi connectivity index (χ0) is 20.2. The molecule has 0 unspecified atom stereocenters. The standard InChI is InChI=1S/C20H23N3O4S2/c1-23-6-5-17-13(9-23)8-18(28-17)29(25,26)22-20(24)21-19-15-4-2-3-12(15)7-14-10-27-11-16(14)19/h7-8H,2-6,9-11H2,1H3,(H2,21,22,24). The van der Waals surface area contributed by atoms with Gasteiger partial charge in [-0.15, -0.1) is 11.3 Å². The lowest BCUT2D eigenvalue weighted by atomic mass is 9.99. The monoisotopic (exact) mass is 433 g/mol. The van der Waals surface area contributed by atoms with Gasteiger partial charge >= 0.3 is 6.03 Å². The van der Waals surface area contributed by atoms with E-state index in [9.17, 15) is 13.2 Å². The molecule has 2 aromatic rings. The molecule has 0 saturated carbocycles. The van der Waals surface area contributed by atoms with Crippen molar-refractivity contribution < 1.29 is 17.9 Å². The number of urea groups is 1. The quantitative estimate of drug-likeness (QED) is 0.777. The third kappa shape index (κ3) is 3.46. The third-order valence-electron chi connectivity index (χ3n) is 5.87. The maximum atomic E-state index is 12.8. The summed E-state index contributed by atoms with van der Waals surface area (Å²) in [6.45, 7) is 2.62. The molecule has 1 aromatic heterocycles. The Morgan fingerprint density at radius 1 is 1.10 bits per heavy atom. The van der Waals surface area contributed by atoms with Crippen molar-refractivity contribution in [1.82, 2.24) is 9.62 Å². The average molecular weight is 434 g/mol. The molecule has 2 amide bonds. The van der Waals surface area contributed by atoms with E-state index in [-0.39, 0.29) is 4.21 Å². The summed E-state index contributed by atoms with van der Waals surface area (Å²) in [6, 6.07) is 3.14. The van der Waals surface area contributed by atoms with Gasteiger partial charge in [0.05, 0.1) is 18.9 Å². The minimum absolute atomic E-state index is 0.194. The molecule has 1 aromatic carbocycles. The van der Waals surface area contributed by atoms with Crippen LogP contribution in [0.5, 0.6) is 0 Å². The highest BCUT2D eigenvalue weighted by molar-refractivity contribution is 7.92. The number of ether oxygens (including phenoxy) is 1. The lowest BCUT2D eigenvalue weighted by Gasteiger charge is -2.21. The molecule has 0 spiro atoms. The molecule has 3 aliphatic rings. The number of carbonyl (C=O) groups excluding carboxylic acids is 1. The second-order valence-electron chi connectivity index (χ2n) is 7.93. The number of likely N-dealkylation sites (N-methyl/N-ethyl adjacent to an activating group) is 1. The fourth-order valence-electron chi connectivity index (χ4n) is 4.45. The van der Waals surface area contributed by atoms with E-state index in [1.54, 1.807) is 6.07 Å². The number of hydrogen-bond acceptors (Lipinski definition) is 6. The van der Waals surface area contributed by atoms with Gasteiger partial charge in [-0.3, -0.25) is 0 Å². The molecule has 1 aliphatic carbocycles. The van der Waals surface area contributed by atoms with Crippen molar-refractivity contribution in [2.45, 2.75) is 49.7 Å². The van der Waals surface area contributed by atoms with Crippen molar-refractivity contribution in [2.75, 3.05) is 18.9 Å². The smallest absolute Gasteiger partial charge is 0.333 e. The van der Waals surface area contributed by atoms with Gasteiger partial charge in [0.1, 0.15) is 4.21 Å². The molecule has 2 aliphatic heterocycles. The number of amides is 2. The first-order chi connectivity index (χ1) is 13.9. The molecular formula is C20H23N3O4S2. The van der Waals surface area contributed by atoms with Gasteiger partial charge in [0.25, 0.3) is 10.0 Å². The summed E-state index contributed by atoms with van der Waals surface area (Å²) in [5.41, 5.74) is 6.14. The van der Waals surface area contributed by atoms with Crippen molar-refractivity contribution >= 4 is 33.1 Å². The van der Waals surface area contributed by atoms with Crippen LogP contribution in [-0.4, -0.2) is 32.9 Å². The Morgan fingerprint density at radius 2 is 1.97 bits per heavy atom. The Hall–Kier alpha value is -1.94. The van der Waals surface area contributed by atoms with Gasteiger partial charge in [-0.25, -0.2) is 17.9 Å². The van der Waals surface area contributed by atoms with Gasteiger partial charge in [-0.2, -0.15) is 0 Å². The van der Waals surface area contributed by atoms with Gasteiger partial charge in [0.15, 0.2) is 0 Å². The summed E-state index contributed by atoms with van der Waals surface area (Å²) in [6.07, 6.45) is 3.74. The number of nitrogens with zero attached hydrogens (tertiary/aromatic N) is 1. The van der Waals surface area contributed by atoms with Crippen molar-refractivity contribution in [3.63, 3.8) is 0 Å². The average Bonchev–Trinajstić information content (AvgIpc) is 3.39. The fraction of sp³-hybridized carbons (Fsp3) is 0.450. The predicted molar refractivity (Wildman–Crippen MR) is 111 cm³/mol. The first kappa shape index (κ1) is 19.0. The lowest BCUT2D eigenvalue weighted by Crippen LogP contribution is -2.34. The zero-order valence-electron chi connectivity index (χ0n) is 16.2. The molecule has 0 fully saturated rings. The van der Waals surface area contributed by atoms with Crippen LogP contribution in [-0.2, 0) is 53.8 Å². The van der Waals surface area contributed by atoms with Gasteiger partial charge in [0, 0.05) is 23.5 Å². The fourth-order valence-corrected chi connectivity index (χ4v) is 6.90. The van der Waals surface area contributed by atoms with Gasteiger partial charge in [-0.1, -0.05) is 6.07 Å². The van der Waals surface area contributed by atoms with E-state index in [2.05, 4.69) is 21.0 Å². The SMILES string of the molecule is CN1CCc2sc(S(=O)(=O)NC(=O)Nc3c4c(cc5c3COC5)CCC4)cc2C1. The number of carbonyl (C=O) groups is 1. The van der Waals surface area contributed by atoms with Gasteiger partial charge < -0.3 is 15.0 Å². The van der Waals surface area contributed by atoms with Crippen LogP contribution in [0.15, 0.2) is 16.3 Å². The number of hydrogen-bond donors (Lipinski definition) is 2. The maximum Gasteiger partial charge on any atom is 0.333 e. The molecule has 0 saturated heterocycles. The predicted octanol–water partition coefficient (Wildman–Crippen LogP) is 2.77. The van der Waals surface area contributed by atoms with Crippen molar-refractivity contribution in [3.05, 3.63) is 44.8 Å². The van der Waals surface area contributed by atoms with E-state index in [0.29, 0.717) is 13.2 Å². The summed E-state index contributed by atoms with van der Waals surface area (Å²) in [5, 5.41) is 2.82. The molecule has 0 radical (unpaired) electrons. The topological polar surface area (TPSA) is 87.7 Å². The Balaban J connectivity index is 1.38. The summed E-state index contributed by atoms with van der Waals surface area (Å²) >= 11 is 1.26. The molecule has 154 valence electrons. The highest BCUT2D eigenvalue weighted by atomic mass is 32.2. The Kier molecular flexibility index (Phi) is 4.65. The van der Waals surface area contributed by atoms with E-state index in [0.717, 1.165) is 71.6 Å². The van der Waals surface area contributed by atoms with Crippen LogP contribution >= 0.6 is 11.3 Å². The summed E-state index contributed by atoms with van der Waals surface area (Å²) in [7, 11) is -1.90. The number of rotatable bonds is 3. The first-order valence-electron chi connectivity index (χ1n) is 9.79. The molecule has 0 bridgehead atoms. The summed E-state index contributed by atoms with van der Waals surface area (Å²) in [4.78, 5) is 15.9. The number of thiophene rings is 1. The second-order valence-corrected chi connectivity index (χ2v) is 11.0. The van der Waals surface area contributed by atoms with E-state index in [4.69, 9.17) is 4.74 Å². The molecular weight excluding hydrogens is 410 g/mol. The van der Waals surface area contributed by atoms with Crippen LogP contribution in [0.4, 0.5) is 10.5 Å². The zero-order valence-corrected chi connectivity index (χ0v) is 17.8. The molecule has 5 rings (SSSR count). The molecule has 9 heteroatoms. The van der Waals surface area contributed by atoms with Crippen LogP contribution in [0.2, 0.25) is 0 Å². The highest BCUT2D eigenvalue weighted by Crippen LogP contribution is 2.38. The Labute approximate surface area is 174 Å². The molecule has 0 atom stereocenters. The van der Waals surface area contributed by atoms with Crippen molar-refractivity contribution in [2.24, 2.45) is 0 Å². The normalized spacial score (nSPS) is 18.2. The minimum atomic E-state index is -3.91. The highest BCUT2D eigenvalue weighted by Gasteiger charge is 2.28. The first-order valence-corrected chi connectivity index (χ1v) is 12.1. The largest absolute Gasteiger partial charge is 0.372 e. The van der Waals surface area contributed by atoms with E-state index in [1.807, 2.05) is 7.05 Å². The van der Waals surface area contributed by atoms with E-state index in [1.165, 1.54) is 16.9 Å². The maximum absolute atomic E-state index is 12.8. The van der Waals surface area contributed by atoms with Gasteiger partial charge in [-0.05, 0) is 61.1 Å². The Bertz CT molecular complexity index is 1080. The number of fused-ring (bicyclic) bond motifs is 3. The van der Waals surface area contributed by atoms with Crippen LogP contribution in [0, 0.1) is 0 Å². The number of sulfonamides is 1. The molecule has 29 heavy (non-hydrogen) atoms. The lowest BCUT2D eigenvalue weighted by molar-refractivity contribution is 0.134. The molecule has 3 heterocycles. The molecule has 2 N–H and O–H groups in total. The number of anilines is 1.